The number of nitrogen functional groups attached to an aromatic ring is 1. The molecule has 4 rings (SSSR count). The zero-order valence-corrected chi connectivity index (χ0v) is 18.4. The average molecular weight is 428 g/mol. The van der Waals surface area contributed by atoms with Crippen LogP contribution < -0.4 is 11.1 Å². The van der Waals surface area contributed by atoms with Crippen molar-refractivity contribution in [3.05, 3.63) is 29.8 Å². The van der Waals surface area contributed by atoms with Gasteiger partial charge >= 0.3 is 0 Å². The minimum atomic E-state index is -1.09. The number of nitrogens with two attached hydrogens (primary N) is 1. The quantitative estimate of drug-likeness (QED) is 0.554. The van der Waals surface area contributed by atoms with Crippen LogP contribution in [0.25, 0.3) is 0 Å². The van der Waals surface area contributed by atoms with Gasteiger partial charge in [0.05, 0.1) is 30.5 Å². The van der Waals surface area contributed by atoms with Gasteiger partial charge in [-0.05, 0) is 43.7 Å². The fraction of sp³-hybridized carbons (Fsp3) is 0.625. The third-order valence-electron chi connectivity index (χ3n) is 7.44. The predicted molar refractivity (Wildman–Crippen MR) is 117 cm³/mol. The Morgan fingerprint density at radius 1 is 1.06 bits per heavy atom. The molecule has 1 heterocycles. The molecule has 2 aliphatic carbocycles. The number of carbonyl (C=O) groups is 3. The molecule has 0 aromatic heterocycles. The first kappa shape index (κ1) is 21.8. The molecular formula is C24H33N3O4. The minimum absolute atomic E-state index is 0.115. The highest BCUT2D eigenvalue weighted by atomic mass is 16.5. The number of nitrogens with one attached hydrogen (secondary N) is 1. The predicted octanol–water partition coefficient (Wildman–Crippen LogP) is 2.26. The van der Waals surface area contributed by atoms with E-state index >= 15 is 0 Å². The van der Waals surface area contributed by atoms with E-state index in [1.165, 1.54) is 0 Å². The summed E-state index contributed by atoms with van der Waals surface area (Å²) in [4.78, 5) is 41.9. The Hall–Kier alpha value is -2.41. The molecule has 1 aliphatic heterocycles. The van der Waals surface area contributed by atoms with E-state index in [1.54, 1.807) is 36.1 Å². The Morgan fingerprint density at radius 3 is 2.35 bits per heavy atom. The number of morpholine rings is 1. The maximum atomic E-state index is 13.5. The summed E-state index contributed by atoms with van der Waals surface area (Å²) in [6, 6.07) is 6.99. The van der Waals surface area contributed by atoms with Crippen molar-refractivity contribution in [2.75, 3.05) is 32.0 Å². The van der Waals surface area contributed by atoms with Crippen LogP contribution >= 0.6 is 0 Å². The molecule has 3 N–H and O–H groups in total. The summed E-state index contributed by atoms with van der Waals surface area (Å²) < 4.78 is 5.36. The minimum Gasteiger partial charge on any atom is -0.398 e. The largest absolute Gasteiger partial charge is 0.398 e. The van der Waals surface area contributed by atoms with Gasteiger partial charge < -0.3 is 20.7 Å². The number of hydrogen-bond donors (Lipinski definition) is 2. The highest BCUT2D eigenvalue weighted by Crippen LogP contribution is 2.61. The second-order valence-electron chi connectivity index (χ2n) is 9.56. The molecule has 168 valence electrons. The third kappa shape index (κ3) is 4.07. The van der Waals surface area contributed by atoms with Crippen LogP contribution in [0.5, 0.6) is 0 Å². The summed E-state index contributed by atoms with van der Waals surface area (Å²) in [5.41, 5.74) is 5.73. The highest BCUT2D eigenvalue weighted by Gasteiger charge is 2.73. The number of anilines is 1. The normalized spacial score (nSPS) is 32.9. The molecule has 0 radical (unpaired) electrons. The van der Waals surface area contributed by atoms with Crippen LogP contribution in [-0.4, -0.2) is 54.8 Å². The van der Waals surface area contributed by atoms with Crippen LogP contribution in [-0.2, 0) is 14.3 Å². The van der Waals surface area contributed by atoms with E-state index in [0.717, 1.165) is 25.7 Å². The van der Waals surface area contributed by atoms with E-state index in [4.69, 9.17) is 10.5 Å². The van der Waals surface area contributed by atoms with Gasteiger partial charge in [0.15, 0.2) is 5.78 Å². The van der Waals surface area contributed by atoms with Crippen molar-refractivity contribution in [1.29, 1.82) is 0 Å². The molecular weight excluding hydrogens is 394 g/mol. The number of benzene rings is 1. The summed E-state index contributed by atoms with van der Waals surface area (Å²) in [6.45, 7) is 5.91. The molecule has 0 bridgehead atoms. The van der Waals surface area contributed by atoms with Crippen molar-refractivity contribution in [1.82, 2.24) is 10.2 Å². The van der Waals surface area contributed by atoms with Gasteiger partial charge in [-0.15, -0.1) is 0 Å². The summed E-state index contributed by atoms with van der Waals surface area (Å²) in [5, 5.41) is 3.15. The fourth-order valence-electron chi connectivity index (χ4n) is 5.29. The molecule has 1 saturated heterocycles. The second-order valence-corrected chi connectivity index (χ2v) is 9.56. The standard InChI is InChI=1S/C24H33N3O4/c1-15-7-9-16(10-8-15)26-22(29)19-20(23(30)27-11-13-31-14-12-27)24(19,2)21(28)17-5-3-4-6-18(17)25/h3-6,15-16,19-20H,7-14,25H2,1-2H3,(H,26,29)/t15?,16?,19-,20+,24+/m1/s1. The molecule has 7 nitrogen and oxygen atoms in total. The first-order valence-corrected chi connectivity index (χ1v) is 11.4. The lowest BCUT2D eigenvalue weighted by Crippen LogP contribution is -2.43. The number of ether oxygens (including phenoxy) is 1. The van der Waals surface area contributed by atoms with E-state index in [0.29, 0.717) is 43.5 Å². The maximum Gasteiger partial charge on any atom is 0.227 e. The topological polar surface area (TPSA) is 102 Å². The van der Waals surface area contributed by atoms with E-state index in [-0.39, 0.29) is 23.6 Å². The zero-order chi connectivity index (χ0) is 22.2. The molecule has 2 amide bonds. The number of hydrogen-bond acceptors (Lipinski definition) is 5. The van der Waals surface area contributed by atoms with Crippen LogP contribution in [0.15, 0.2) is 24.3 Å². The third-order valence-corrected chi connectivity index (χ3v) is 7.44. The summed E-state index contributed by atoms with van der Waals surface area (Å²) in [6.07, 6.45) is 4.06. The maximum absolute atomic E-state index is 13.5. The molecule has 0 unspecified atom stereocenters. The number of ketones is 1. The molecule has 31 heavy (non-hydrogen) atoms. The lowest BCUT2D eigenvalue weighted by molar-refractivity contribution is -0.138. The Balaban J connectivity index is 1.57. The number of rotatable bonds is 5. The molecule has 1 aromatic carbocycles. The van der Waals surface area contributed by atoms with Gasteiger partial charge in [0, 0.05) is 30.4 Å². The highest BCUT2D eigenvalue weighted by molar-refractivity contribution is 6.14. The Bertz CT molecular complexity index is 858. The summed E-state index contributed by atoms with van der Waals surface area (Å²) in [7, 11) is 0. The number of para-hydroxylation sites is 1. The number of nitrogens with zero attached hydrogens (tertiary/aromatic N) is 1. The van der Waals surface area contributed by atoms with Crippen molar-refractivity contribution in [3.8, 4) is 0 Å². The lowest BCUT2D eigenvalue weighted by atomic mass is 9.87. The van der Waals surface area contributed by atoms with Crippen LogP contribution in [0.3, 0.4) is 0 Å². The van der Waals surface area contributed by atoms with Crippen LogP contribution in [0.2, 0.25) is 0 Å². The van der Waals surface area contributed by atoms with E-state index in [2.05, 4.69) is 12.2 Å². The number of amides is 2. The van der Waals surface area contributed by atoms with E-state index < -0.39 is 17.3 Å². The molecule has 3 aliphatic rings. The first-order valence-electron chi connectivity index (χ1n) is 11.4. The van der Waals surface area contributed by atoms with Gasteiger partial charge in [-0.3, -0.25) is 14.4 Å². The Morgan fingerprint density at radius 2 is 1.71 bits per heavy atom. The van der Waals surface area contributed by atoms with E-state index in [9.17, 15) is 14.4 Å². The van der Waals surface area contributed by atoms with Crippen molar-refractivity contribution in [2.45, 2.75) is 45.6 Å². The average Bonchev–Trinajstić information content (AvgIpc) is 3.42. The molecule has 3 atom stereocenters. The van der Waals surface area contributed by atoms with Crippen LogP contribution in [0.4, 0.5) is 5.69 Å². The smallest absolute Gasteiger partial charge is 0.227 e. The fourth-order valence-corrected chi connectivity index (χ4v) is 5.29. The molecule has 7 heteroatoms. The SMILES string of the molecule is CC1CCC(NC(=O)[C@H]2[C@@H](C(=O)N3CCOCC3)[C@@]2(C)C(=O)c2ccccc2N)CC1. The van der Waals surface area contributed by atoms with Gasteiger partial charge in [0.2, 0.25) is 11.8 Å². The Labute approximate surface area is 183 Å². The second kappa shape index (κ2) is 8.61. The Kier molecular flexibility index (Phi) is 6.06. The van der Waals surface area contributed by atoms with Gasteiger partial charge in [0.1, 0.15) is 0 Å². The number of Topliss-reactive ketones (excluding diaryl/α,β-unsaturated/α-hetero) is 1. The van der Waals surface area contributed by atoms with Gasteiger partial charge in [-0.2, -0.15) is 0 Å². The molecule has 0 spiro atoms. The van der Waals surface area contributed by atoms with Crippen LogP contribution in [0.1, 0.15) is 49.9 Å². The van der Waals surface area contributed by atoms with Crippen molar-refractivity contribution < 1.29 is 19.1 Å². The number of carbonyl (C=O) groups excluding carboxylic acids is 3. The van der Waals surface area contributed by atoms with Crippen molar-refractivity contribution >= 4 is 23.3 Å². The van der Waals surface area contributed by atoms with Gasteiger partial charge in [0.25, 0.3) is 0 Å². The van der Waals surface area contributed by atoms with Gasteiger partial charge in [-0.1, -0.05) is 26.0 Å². The van der Waals surface area contributed by atoms with Crippen LogP contribution in [0, 0.1) is 23.2 Å². The summed E-state index contributed by atoms with van der Waals surface area (Å²) in [5.74, 6) is -1.20. The van der Waals surface area contributed by atoms with Gasteiger partial charge in [-0.25, -0.2) is 0 Å². The monoisotopic (exact) mass is 427 g/mol. The lowest BCUT2D eigenvalue weighted by Gasteiger charge is -2.28. The van der Waals surface area contributed by atoms with Crippen molar-refractivity contribution in [2.24, 2.45) is 23.2 Å². The molecule has 1 aromatic rings. The summed E-state index contributed by atoms with van der Waals surface area (Å²) >= 11 is 0. The van der Waals surface area contributed by atoms with E-state index in [1.807, 2.05) is 0 Å². The first-order chi connectivity index (χ1) is 14.8. The molecule has 2 saturated carbocycles. The van der Waals surface area contributed by atoms with Crippen molar-refractivity contribution in [3.63, 3.8) is 0 Å². The molecule has 3 fully saturated rings. The zero-order valence-electron chi connectivity index (χ0n) is 18.4.